The molecule has 2 aromatic carbocycles. The summed E-state index contributed by atoms with van der Waals surface area (Å²) in [5.41, 5.74) is 5.69. The van der Waals surface area contributed by atoms with Crippen molar-refractivity contribution in [1.82, 2.24) is 0 Å². The number of fused-ring (bicyclic) bond motifs is 1. The van der Waals surface area contributed by atoms with Gasteiger partial charge in [-0.3, -0.25) is 0 Å². The zero-order valence-corrected chi connectivity index (χ0v) is 12.4. The number of nitrogens with one attached hydrogen (secondary N) is 1. The molecule has 1 N–H and O–H groups in total. The van der Waals surface area contributed by atoms with Gasteiger partial charge in [-0.1, -0.05) is 56.3 Å². The predicted octanol–water partition coefficient (Wildman–Crippen LogP) is 4.95. The van der Waals surface area contributed by atoms with Crippen LogP contribution in [-0.2, 0) is 6.42 Å². The molecule has 0 bridgehead atoms. The standard InChI is InChI=1S/C19H23N/c1-14(2)16-9-7-15(8-10-16)13-17-11-12-20-19-6-4-3-5-18(17)19/h3-10,14,17,20H,11-13H2,1-2H3. The van der Waals surface area contributed by atoms with Crippen LogP contribution in [0.25, 0.3) is 0 Å². The third kappa shape index (κ3) is 2.72. The minimum absolute atomic E-state index is 0.614. The first-order chi connectivity index (χ1) is 9.74. The highest BCUT2D eigenvalue weighted by Crippen LogP contribution is 2.33. The van der Waals surface area contributed by atoms with E-state index < -0.39 is 0 Å². The van der Waals surface area contributed by atoms with Gasteiger partial charge in [-0.15, -0.1) is 0 Å². The van der Waals surface area contributed by atoms with Crippen molar-refractivity contribution in [3.63, 3.8) is 0 Å². The van der Waals surface area contributed by atoms with Crippen LogP contribution in [0, 0.1) is 0 Å². The molecule has 0 spiro atoms. The van der Waals surface area contributed by atoms with Crippen LogP contribution in [0.5, 0.6) is 0 Å². The van der Waals surface area contributed by atoms with E-state index in [2.05, 4.69) is 67.7 Å². The summed E-state index contributed by atoms with van der Waals surface area (Å²) in [6.45, 7) is 5.59. The topological polar surface area (TPSA) is 12.0 Å². The highest BCUT2D eigenvalue weighted by atomic mass is 14.9. The predicted molar refractivity (Wildman–Crippen MR) is 86.5 cm³/mol. The van der Waals surface area contributed by atoms with Gasteiger partial charge in [0.2, 0.25) is 0 Å². The number of hydrogen-bond donors (Lipinski definition) is 1. The number of rotatable bonds is 3. The fourth-order valence-electron chi connectivity index (χ4n) is 3.09. The molecule has 0 saturated carbocycles. The van der Waals surface area contributed by atoms with Gasteiger partial charge in [-0.25, -0.2) is 0 Å². The molecule has 20 heavy (non-hydrogen) atoms. The molecule has 2 aromatic rings. The van der Waals surface area contributed by atoms with Gasteiger partial charge in [0.15, 0.2) is 0 Å². The second-order valence-corrected chi connectivity index (χ2v) is 6.10. The highest BCUT2D eigenvalue weighted by molar-refractivity contribution is 5.55. The van der Waals surface area contributed by atoms with Gasteiger partial charge < -0.3 is 5.32 Å². The minimum atomic E-state index is 0.614. The van der Waals surface area contributed by atoms with Gasteiger partial charge >= 0.3 is 0 Å². The average Bonchev–Trinajstić information content (AvgIpc) is 2.48. The zero-order valence-electron chi connectivity index (χ0n) is 12.4. The Bertz CT molecular complexity index is 569. The van der Waals surface area contributed by atoms with Crippen LogP contribution in [0.3, 0.4) is 0 Å². The van der Waals surface area contributed by atoms with Crippen molar-refractivity contribution >= 4 is 5.69 Å². The zero-order chi connectivity index (χ0) is 13.9. The van der Waals surface area contributed by atoms with Crippen LogP contribution in [0.2, 0.25) is 0 Å². The van der Waals surface area contributed by atoms with Crippen LogP contribution in [-0.4, -0.2) is 6.54 Å². The third-order valence-electron chi connectivity index (χ3n) is 4.34. The first kappa shape index (κ1) is 13.2. The molecule has 0 aromatic heterocycles. The van der Waals surface area contributed by atoms with E-state index in [1.165, 1.54) is 28.8 Å². The van der Waals surface area contributed by atoms with E-state index in [0.29, 0.717) is 11.8 Å². The molecular formula is C19H23N. The Morgan fingerprint density at radius 1 is 1.05 bits per heavy atom. The highest BCUT2D eigenvalue weighted by Gasteiger charge is 2.19. The molecule has 3 rings (SSSR count). The van der Waals surface area contributed by atoms with Gasteiger partial charge in [-0.05, 0) is 47.4 Å². The summed E-state index contributed by atoms with van der Waals surface area (Å²) in [5.74, 6) is 1.26. The maximum atomic E-state index is 3.50. The first-order valence-electron chi connectivity index (χ1n) is 7.65. The summed E-state index contributed by atoms with van der Waals surface area (Å²) in [4.78, 5) is 0. The lowest BCUT2D eigenvalue weighted by Gasteiger charge is -2.26. The maximum absolute atomic E-state index is 3.50. The summed E-state index contributed by atoms with van der Waals surface area (Å²) < 4.78 is 0. The molecule has 0 saturated heterocycles. The summed E-state index contributed by atoms with van der Waals surface area (Å²) >= 11 is 0. The summed E-state index contributed by atoms with van der Waals surface area (Å²) in [5, 5.41) is 3.50. The van der Waals surface area contributed by atoms with Crippen molar-refractivity contribution in [2.45, 2.75) is 38.5 Å². The third-order valence-corrected chi connectivity index (χ3v) is 4.34. The van der Waals surface area contributed by atoms with Gasteiger partial charge in [0.25, 0.3) is 0 Å². The van der Waals surface area contributed by atoms with Crippen LogP contribution < -0.4 is 5.32 Å². The van der Waals surface area contributed by atoms with E-state index >= 15 is 0 Å². The van der Waals surface area contributed by atoms with Gasteiger partial charge in [0.1, 0.15) is 0 Å². The number of anilines is 1. The molecule has 104 valence electrons. The second-order valence-electron chi connectivity index (χ2n) is 6.10. The van der Waals surface area contributed by atoms with Crippen LogP contribution >= 0.6 is 0 Å². The molecule has 1 nitrogen and oxygen atoms in total. The van der Waals surface area contributed by atoms with Gasteiger partial charge in [-0.2, -0.15) is 0 Å². The van der Waals surface area contributed by atoms with E-state index in [1.807, 2.05) is 0 Å². The lowest BCUT2D eigenvalue weighted by atomic mass is 9.85. The Labute approximate surface area is 122 Å². The molecule has 1 aliphatic heterocycles. The van der Waals surface area contributed by atoms with Gasteiger partial charge in [0, 0.05) is 12.2 Å². The molecule has 0 fully saturated rings. The largest absolute Gasteiger partial charge is 0.385 e. The molecule has 0 amide bonds. The van der Waals surface area contributed by atoms with Crippen molar-refractivity contribution in [3.8, 4) is 0 Å². The number of hydrogen-bond acceptors (Lipinski definition) is 1. The number of para-hydroxylation sites is 1. The fourth-order valence-corrected chi connectivity index (χ4v) is 3.09. The summed E-state index contributed by atoms with van der Waals surface area (Å²) in [7, 11) is 0. The van der Waals surface area contributed by atoms with E-state index in [9.17, 15) is 0 Å². The minimum Gasteiger partial charge on any atom is -0.385 e. The Morgan fingerprint density at radius 2 is 1.80 bits per heavy atom. The van der Waals surface area contributed by atoms with Crippen molar-refractivity contribution in [2.75, 3.05) is 11.9 Å². The first-order valence-corrected chi connectivity index (χ1v) is 7.65. The smallest absolute Gasteiger partial charge is 0.0375 e. The Balaban J connectivity index is 1.78. The Hall–Kier alpha value is -1.76. The van der Waals surface area contributed by atoms with Crippen molar-refractivity contribution in [2.24, 2.45) is 0 Å². The maximum Gasteiger partial charge on any atom is 0.0375 e. The summed E-state index contributed by atoms with van der Waals surface area (Å²) in [6, 6.07) is 17.9. The van der Waals surface area contributed by atoms with E-state index in [0.717, 1.165) is 13.0 Å². The molecule has 0 aliphatic carbocycles. The molecule has 1 aliphatic rings. The number of benzene rings is 2. The summed E-state index contributed by atoms with van der Waals surface area (Å²) in [6.07, 6.45) is 2.38. The molecule has 1 atom stereocenters. The molecule has 1 unspecified atom stereocenters. The Morgan fingerprint density at radius 3 is 2.55 bits per heavy atom. The van der Waals surface area contributed by atoms with Crippen molar-refractivity contribution < 1.29 is 0 Å². The molecule has 0 radical (unpaired) electrons. The SMILES string of the molecule is CC(C)c1ccc(CC2CCNc3ccccc32)cc1. The van der Waals surface area contributed by atoms with E-state index in [-0.39, 0.29) is 0 Å². The van der Waals surface area contributed by atoms with Gasteiger partial charge in [0.05, 0.1) is 0 Å². The molecule has 1 heteroatoms. The van der Waals surface area contributed by atoms with Crippen LogP contribution in [0.15, 0.2) is 48.5 Å². The van der Waals surface area contributed by atoms with Crippen LogP contribution in [0.4, 0.5) is 5.69 Å². The lowest BCUT2D eigenvalue weighted by molar-refractivity contribution is 0.624. The lowest BCUT2D eigenvalue weighted by Crippen LogP contribution is -2.18. The fraction of sp³-hybridized carbons (Fsp3) is 0.368. The van der Waals surface area contributed by atoms with Crippen molar-refractivity contribution in [1.29, 1.82) is 0 Å². The average molecular weight is 265 g/mol. The quantitative estimate of drug-likeness (QED) is 0.827. The normalized spacial score (nSPS) is 17.6. The van der Waals surface area contributed by atoms with Crippen LogP contribution in [0.1, 0.15) is 48.8 Å². The van der Waals surface area contributed by atoms with E-state index in [1.54, 1.807) is 0 Å². The molecule has 1 heterocycles. The van der Waals surface area contributed by atoms with Crippen molar-refractivity contribution in [3.05, 3.63) is 65.2 Å². The Kier molecular flexibility index (Phi) is 3.77. The second kappa shape index (κ2) is 5.70. The van der Waals surface area contributed by atoms with E-state index in [4.69, 9.17) is 0 Å². The monoisotopic (exact) mass is 265 g/mol. The molecular weight excluding hydrogens is 242 g/mol.